The largest absolute Gasteiger partial charge is 0.483 e. The van der Waals surface area contributed by atoms with Gasteiger partial charge in [-0.15, -0.1) is 0 Å². The van der Waals surface area contributed by atoms with Gasteiger partial charge in [0.2, 0.25) is 0 Å². The minimum absolute atomic E-state index is 0.113. The van der Waals surface area contributed by atoms with E-state index >= 15 is 0 Å². The molecule has 0 bridgehead atoms. The van der Waals surface area contributed by atoms with E-state index in [9.17, 15) is 14.4 Å². The predicted molar refractivity (Wildman–Crippen MR) is 116 cm³/mol. The molecule has 2 aromatic rings. The van der Waals surface area contributed by atoms with Crippen LogP contribution in [0.1, 0.15) is 25.8 Å². The maximum atomic E-state index is 12.1. The molecule has 0 saturated heterocycles. The van der Waals surface area contributed by atoms with Crippen molar-refractivity contribution in [3.05, 3.63) is 59.1 Å². The van der Waals surface area contributed by atoms with Crippen molar-refractivity contribution in [2.45, 2.75) is 26.3 Å². The Balaban J connectivity index is 1.91. The number of hydrogen-bond acceptors (Lipinski definition) is 5. The number of carbonyl (C=O) groups excluding carboxylic acids is 3. The van der Waals surface area contributed by atoms with Crippen LogP contribution in [0.5, 0.6) is 5.75 Å². The number of rotatable bonds is 8. The summed E-state index contributed by atoms with van der Waals surface area (Å²) in [4.78, 5) is 35.6. The molecule has 9 heteroatoms. The summed E-state index contributed by atoms with van der Waals surface area (Å²) < 4.78 is 5.54. The molecule has 3 N–H and O–H groups in total. The molecule has 0 spiro atoms. The second-order valence-electron chi connectivity index (χ2n) is 6.34. The third-order valence-electron chi connectivity index (χ3n) is 3.99. The topological polar surface area (TPSA) is 109 Å². The first-order chi connectivity index (χ1) is 14.4. The molecule has 2 aromatic carbocycles. The molecule has 0 heterocycles. The van der Waals surface area contributed by atoms with Crippen LogP contribution in [0.15, 0.2) is 53.6 Å². The van der Waals surface area contributed by atoms with Crippen LogP contribution in [0.4, 0.5) is 5.69 Å². The van der Waals surface area contributed by atoms with E-state index in [1.54, 1.807) is 55.5 Å². The van der Waals surface area contributed by atoms with Gasteiger partial charge in [-0.25, -0.2) is 5.43 Å². The molecule has 0 aliphatic rings. The Morgan fingerprint density at radius 3 is 2.53 bits per heavy atom. The van der Waals surface area contributed by atoms with E-state index in [-0.39, 0.29) is 18.6 Å². The number of hydrogen-bond donors (Lipinski definition) is 3. The van der Waals surface area contributed by atoms with Crippen LogP contribution < -0.4 is 20.8 Å². The van der Waals surface area contributed by atoms with Crippen LogP contribution in [0.2, 0.25) is 5.02 Å². The zero-order valence-electron chi connectivity index (χ0n) is 16.6. The van der Waals surface area contributed by atoms with Crippen LogP contribution in [0.25, 0.3) is 0 Å². The summed E-state index contributed by atoms with van der Waals surface area (Å²) in [5, 5.41) is 9.40. The van der Waals surface area contributed by atoms with Gasteiger partial charge in [0.05, 0.1) is 16.9 Å². The van der Waals surface area contributed by atoms with E-state index in [4.69, 9.17) is 16.3 Å². The molecule has 0 aromatic heterocycles. The highest BCUT2D eigenvalue weighted by Gasteiger charge is 2.14. The number of nitrogens with one attached hydrogen (secondary N) is 3. The first kappa shape index (κ1) is 22.9. The number of nitrogens with zero attached hydrogens (tertiary/aromatic N) is 1. The van der Waals surface area contributed by atoms with Gasteiger partial charge in [-0.05, 0) is 37.6 Å². The fraction of sp³-hybridized carbons (Fsp3) is 0.238. The summed E-state index contributed by atoms with van der Waals surface area (Å²) in [5.41, 5.74) is 3.17. The molecule has 0 fully saturated rings. The van der Waals surface area contributed by atoms with E-state index in [2.05, 4.69) is 21.2 Å². The SMILES string of the molecule is CC[C@H](C)NC(=O)C(=O)N/N=C\c1ccccc1OCC(=O)Nc1ccccc1Cl. The Morgan fingerprint density at radius 1 is 1.10 bits per heavy atom. The number of para-hydroxylation sites is 2. The van der Waals surface area contributed by atoms with E-state index < -0.39 is 11.8 Å². The lowest BCUT2D eigenvalue weighted by molar-refractivity contribution is -0.139. The highest BCUT2D eigenvalue weighted by Crippen LogP contribution is 2.20. The summed E-state index contributed by atoms with van der Waals surface area (Å²) in [6, 6.07) is 13.6. The molecule has 3 amide bonds. The normalized spacial score (nSPS) is 11.6. The van der Waals surface area contributed by atoms with Gasteiger partial charge in [-0.1, -0.05) is 42.8 Å². The monoisotopic (exact) mass is 430 g/mol. The molecule has 1 atom stereocenters. The van der Waals surface area contributed by atoms with E-state index in [1.165, 1.54) is 6.21 Å². The number of halogens is 1. The van der Waals surface area contributed by atoms with Crippen molar-refractivity contribution in [3.63, 3.8) is 0 Å². The average molecular weight is 431 g/mol. The molecule has 30 heavy (non-hydrogen) atoms. The fourth-order valence-electron chi connectivity index (χ4n) is 2.21. The summed E-state index contributed by atoms with van der Waals surface area (Å²) in [5.74, 6) is -1.63. The van der Waals surface area contributed by atoms with Gasteiger partial charge in [0, 0.05) is 11.6 Å². The summed E-state index contributed by atoms with van der Waals surface area (Å²) >= 11 is 6.02. The lowest BCUT2D eigenvalue weighted by atomic mass is 10.2. The van der Waals surface area contributed by atoms with Crippen molar-refractivity contribution in [2.24, 2.45) is 5.10 Å². The highest BCUT2D eigenvalue weighted by atomic mass is 35.5. The van der Waals surface area contributed by atoms with Crippen molar-refractivity contribution in [1.82, 2.24) is 10.7 Å². The average Bonchev–Trinajstić information content (AvgIpc) is 2.74. The standard InChI is InChI=1S/C21H23ClN4O4/c1-3-14(2)24-20(28)21(29)26-23-12-15-8-4-7-11-18(15)30-13-19(27)25-17-10-6-5-9-16(17)22/h4-12,14H,3,13H2,1-2H3,(H,24,28)(H,25,27)(H,26,29)/b23-12-/t14-/m0/s1. The Hall–Kier alpha value is -3.39. The lowest BCUT2D eigenvalue weighted by Gasteiger charge is -2.10. The molecular formula is C21H23ClN4O4. The summed E-state index contributed by atoms with van der Waals surface area (Å²) in [6.45, 7) is 3.44. The number of benzene rings is 2. The summed E-state index contributed by atoms with van der Waals surface area (Å²) in [6.07, 6.45) is 2.03. The first-order valence-electron chi connectivity index (χ1n) is 9.30. The summed E-state index contributed by atoms with van der Waals surface area (Å²) in [7, 11) is 0. The van der Waals surface area contributed by atoms with Crippen molar-refractivity contribution in [3.8, 4) is 5.75 Å². The van der Waals surface area contributed by atoms with Crippen LogP contribution in [0.3, 0.4) is 0 Å². The first-order valence-corrected chi connectivity index (χ1v) is 9.68. The van der Waals surface area contributed by atoms with E-state index in [1.807, 2.05) is 6.92 Å². The molecular weight excluding hydrogens is 408 g/mol. The number of ether oxygens (including phenoxy) is 1. The Labute approximate surface area is 179 Å². The minimum atomic E-state index is -0.871. The molecule has 2 rings (SSSR count). The molecule has 0 unspecified atom stereocenters. The molecule has 0 aliphatic heterocycles. The van der Waals surface area contributed by atoms with Gasteiger partial charge in [0.25, 0.3) is 5.91 Å². The van der Waals surface area contributed by atoms with Gasteiger partial charge in [-0.2, -0.15) is 5.10 Å². The van der Waals surface area contributed by atoms with Gasteiger partial charge in [0.1, 0.15) is 5.75 Å². The number of amides is 3. The number of carbonyl (C=O) groups is 3. The van der Waals surface area contributed by atoms with E-state index in [0.717, 1.165) is 0 Å². The van der Waals surface area contributed by atoms with E-state index in [0.29, 0.717) is 28.4 Å². The number of hydrazone groups is 1. The Kier molecular flexibility index (Phi) is 8.83. The third-order valence-corrected chi connectivity index (χ3v) is 4.32. The smallest absolute Gasteiger partial charge is 0.329 e. The van der Waals surface area contributed by atoms with Gasteiger partial charge in [-0.3, -0.25) is 14.4 Å². The second kappa shape index (κ2) is 11.6. The lowest BCUT2D eigenvalue weighted by Crippen LogP contribution is -2.41. The van der Waals surface area contributed by atoms with Crippen LogP contribution in [-0.2, 0) is 14.4 Å². The second-order valence-corrected chi connectivity index (χ2v) is 6.74. The van der Waals surface area contributed by atoms with Crippen LogP contribution >= 0.6 is 11.6 Å². The molecule has 158 valence electrons. The minimum Gasteiger partial charge on any atom is -0.483 e. The Morgan fingerprint density at radius 2 is 1.80 bits per heavy atom. The Bertz CT molecular complexity index is 933. The number of anilines is 1. The van der Waals surface area contributed by atoms with Crippen LogP contribution in [-0.4, -0.2) is 36.6 Å². The zero-order valence-corrected chi connectivity index (χ0v) is 17.4. The fourth-order valence-corrected chi connectivity index (χ4v) is 2.40. The predicted octanol–water partition coefficient (Wildman–Crippen LogP) is 2.72. The maximum absolute atomic E-state index is 12.1. The molecule has 0 radical (unpaired) electrons. The third kappa shape index (κ3) is 7.21. The zero-order chi connectivity index (χ0) is 21.9. The van der Waals surface area contributed by atoms with Gasteiger partial charge in [0.15, 0.2) is 6.61 Å². The molecule has 0 aliphatic carbocycles. The van der Waals surface area contributed by atoms with Crippen molar-refractivity contribution < 1.29 is 19.1 Å². The molecule has 8 nitrogen and oxygen atoms in total. The van der Waals surface area contributed by atoms with Crippen molar-refractivity contribution in [2.75, 3.05) is 11.9 Å². The van der Waals surface area contributed by atoms with Gasteiger partial charge < -0.3 is 15.4 Å². The molecule has 0 saturated carbocycles. The van der Waals surface area contributed by atoms with Gasteiger partial charge >= 0.3 is 11.8 Å². The highest BCUT2D eigenvalue weighted by molar-refractivity contribution is 6.35. The maximum Gasteiger partial charge on any atom is 0.329 e. The quantitative estimate of drug-likeness (QED) is 0.340. The van der Waals surface area contributed by atoms with Crippen molar-refractivity contribution >= 4 is 41.2 Å². The van der Waals surface area contributed by atoms with Crippen LogP contribution in [0, 0.1) is 0 Å². The van der Waals surface area contributed by atoms with Crippen molar-refractivity contribution in [1.29, 1.82) is 0 Å².